The van der Waals surface area contributed by atoms with Gasteiger partial charge in [-0.3, -0.25) is 0 Å². The molecule has 3 rings (SSSR count). The van der Waals surface area contributed by atoms with Gasteiger partial charge in [0.25, 0.3) is 0 Å². The Kier molecular flexibility index (Phi) is 4.23. The maximum absolute atomic E-state index is 13.1. The Morgan fingerprint density at radius 3 is 2.48 bits per heavy atom. The molecule has 0 amide bonds. The van der Waals surface area contributed by atoms with Crippen molar-refractivity contribution < 1.29 is 13.2 Å². The summed E-state index contributed by atoms with van der Waals surface area (Å²) in [4.78, 5) is 16.8. The summed E-state index contributed by atoms with van der Waals surface area (Å²) in [5.74, 6) is 0.654. The maximum Gasteiger partial charge on any atom is 0.433 e. The van der Waals surface area contributed by atoms with E-state index in [1.807, 2.05) is 24.3 Å². The maximum atomic E-state index is 13.1. The Bertz CT molecular complexity index is 854. The van der Waals surface area contributed by atoms with Gasteiger partial charge in [-0.25, -0.2) is 9.97 Å². The number of halogens is 3. The van der Waals surface area contributed by atoms with Crippen molar-refractivity contribution in [3.63, 3.8) is 0 Å². The molecule has 1 atom stereocenters. The SMILES string of the molecule is CC(Nc1nc(N(C)C)cc(C(F)(F)F)n1)c1nc2ccccc2[nH]1. The zero-order valence-corrected chi connectivity index (χ0v) is 13.9. The normalized spacial score (nSPS) is 13.0. The monoisotopic (exact) mass is 350 g/mol. The fourth-order valence-electron chi connectivity index (χ4n) is 2.31. The third kappa shape index (κ3) is 3.65. The first kappa shape index (κ1) is 17.0. The molecule has 2 heterocycles. The number of alkyl halides is 3. The number of aromatic amines is 1. The van der Waals surface area contributed by atoms with Crippen molar-refractivity contribution in [2.45, 2.75) is 19.1 Å². The standard InChI is InChI=1S/C16H17F3N6/c1-9(14-21-10-6-4-5-7-11(10)22-14)20-15-23-12(16(17,18)19)8-13(24-15)25(2)3/h4-9H,1-3H3,(H,21,22)(H,20,23,24). The lowest BCUT2D eigenvalue weighted by molar-refractivity contribution is -0.141. The third-order valence-corrected chi connectivity index (χ3v) is 3.62. The molecule has 0 aliphatic rings. The minimum Gasteiger partial charge on any atom is -0.363 e. The summed E-state index contributed by atoms with van der Waals surface area (Å²) >= 11 is 0. The molecule has 1 aromatic carbocycles. The average molecular weight is 350 g/mol. The summed E-state index contributed by atoms with van der Waals surface area (Å²) in [6, 6.07) is 7.99. The van der Waals surface area contributed by atoms with Crippen molar-refractivity contribution >= 4 is 22.8 Å². The molecule has 132 valence electrons. The van der Waals surface area contributed by atoms with E-state index in [9.17, 15) is 13.2 Å². The molecule has 0 spiro atoms. The van der Waals surface area contributed by atoms with Crippen LogP contribution in [0.3, 0.4) is 0 Å². The summed E-state index contributed by atoms with van der Waals surface area (Å²) < 4.78 is 39.2. The fraction of sp³-hybridized carbons (Fsp3) is 0.312. The largest absolute Gasteiger partial charge is 0.433 e. The number of nitrogens with one attached hydrogen (secondary N) is 2. The van der Waals surface area contributed by atoms with Gasteiger partial charge in [-0.2, -0.15) is 18.2 Å². The predicted octanol–water partition coefficient (Wildman–Crippen LogP) is 3.61. The summed E-state index contributed by atoms with van der Waals surface area (Å²) in [5, 5.41) is 2.88. The van der Waals surface area contributed by atoms with Gasteiger partial charge in [-0.05, 0) is 19.1 Å². The van der Waals surface area contributed by atoms with E-state index in [0.29, 0.717) is 5.82 Å². The van der Waals surface area contributed by atoms with Gasteiger partial charge in [0.05, 0.1) is 17.1 Å². The number of rotatable bonds is 4. The van der Waals surface area contributed by atoms with Crippen molar-refractivity contribution in [2.24, 2.45) is 0 Å². The summed E-state index contributed by atoms with van der Waals surface area (Å²) in [7, 11) is 3.24. The van der Waals surface area contributed by atoms with E-state index in [2.05, 4.69) is 25.3 Å². The predicted molar refractivity (Wildman–Crippen MR) is 89.5 cm³/mol. The first-order valence-corrected chi connectivity index (χ1v) is 7.59. The number of imidazole rings is 1. The van der Waals surface area contributed by atoms with Crippen molar-refractivity contribution in [3.05, 3.63) is 41.9 Å². The van der Waals surface area contributed by atoms with Crippen LogP contribution in [0.1, 0.15) is 24.5 Å². The van der Waals surface area contributed by atoms with E-state index in [1.54, 1.807) is 21.0 Å². The number of fused-ring (bicyclic) bond motifs is 1. The van der Waals surface area contributed by atoms with Gasteiger partial charge >= 0.3 is 6.18 Å². The zero-order valence-electron chi connectivity index (χ0n) is 13.9. The second-order valence-corrected chi connectivity index (χ2v) is 5.83. The molecule has 3 aromatic rings. The number of nitrogens with zero attached hydrogens (tertiary/aromatic N) is 4. The number of benzene rings is 1. The molecule has 6 nitrogen and oxygen atoms in total. The Hall–Kier alpha value is -2.84. The minimum atomic E-state index is -4.55. The van der Waals surface area contributed by atoms with Crippen LogP contribution in [0, 0.1) is 0 Å². The first-order chi connectivity index (χ1) is 11.7. The number of hydrogen-bond acceptors (Lipinski definition) is 5. The van der Waals surface area contributed by atoms with Crippen LogP contribution in [0.2, 0.25) is 0 Å². The van der Waals surface area contributed by atoms with Crippen LogP contribution in [-0.2, 0) is 6.18 Å². The van der Waals surface area contributed by atoms with Gasteiger partial charge in [0.2, 0.25) is 5.95 Å². The van der Waals surface area contributed by atoms with Crippen LogP contribution in [-0.4, -0.2) is 34.0 Å². The molecule has 2 N–H and O–H groups in total. The Morgan fingerprint density at radius 2 is 1.84 bits per heavy atom. The van der Waals surface area contributed by atoms with Crippen LogP contribution < -0.4 is 10.2 Å². The molecule has 0 aliphatic heterocycles. The van der Waals surface area contributed by atoms with E-state index in [1.165, 1.54) is 4.90 Å². The Labute approximate surface area is 142 Å². The van der Waals surface area contributed by atoms with Crippen LogP contribution in [0.5, 0.6) is 0 Å². The number of para-hydroxylation sites is 2. The second kappa shape index (κ2) is 6.23. The fourth-order valence-corrected chi connectivity index (χ4v) is 2.31. The van der Waals surface area contributed by atoms with Crippen molar-refractivity contribution in [2.75, 3.05) is 24.3 Å². The highest BCUT2D eigenvalue weighted by atomic mass is 19.4. The Morgan fingerprint density at radius 1 is 1.12 bits per heavy atom. The smallest absolute Gasteiger partial charge is 0.363 e. The van der Waals surface area contributed by atoms with Crippen LogP contribution in [0.15, 0.2) is 30.3 Å². The molecule has 9 heteroatoms. The molecule has 25 heavy (non-hydrogen) atoms. The highest BCUT2D eigenvalue weighted by Crippen LogP contribution is 2.30. The van der Waals surface area contributed by atoms with E-state index in [0.717, 1.165) is 17.1 Å². The van der Waals surface area contributed by atoms with Gasteiger partial charge in [0, 0.05) is 20.2 Å². The van der Waals surface area contributed by atoms with Gasteiger partial charge in [0.15, 0.2) is 5.69 Å². The molecular formula is C16H17F3N6. The number of aromatic nitrogens is 4. The summed E-state index contributed by atoms with van der Waals surface area (Å²) in [5.41, 5.74) is 0.640. The van der Waals surface area contributed by atoms with Crippen LogP contribution >= 0.6 is 0 Å². The summed E-state index contributed by atoms with van der Waals surface area (Å²) in [6.07, 6.45) is -4.55. The first-order valence-electron chi connectivity index (χ1n) is 7.59. The van der Waals surface area contributed by atoms with E-state index < -0.39 is 17.9 Å². The van der Waals surface area contributed by atoms with E-state index in [-0.39, 0.29) is 11.8 Å². The average Bonchev–Trinajstić information content (AvgIpc) is 2.98. The quantitative estimate of drug-likeness (QED) is 0.752. The molecule has 0 radical (unpaired) electrons. The summed E-state index contributed by atoms with van der Waals surface area (Å²) in [6.45, 7) is 1.77. The molecule has 1 unspecified atom stereocenters. The van der Waals surface area contributed by atoms with Gasteiger partial charge in [-0.15, -0.1) is 0 Å². The zero-order chi connectivity index (χ0) is 18.2. The van der Waals surface area contributed by atoms with Gasteiger partial charge in [0.1, 0.15) is 11.6 Å². The lowest BCUT2D eigenvalue weighted by atomic mass is 10.3. The third-order valence-electron chi connectivity index (χ3n) is 3.62. The molecule has 0 aliphatic carbocycles. The lowest BCUT2D eigenvalue weighted by Gasteiger charge is -2.17. The molecule has 0 saturated carbocycles. The molecule has 0 saturated heterocycles. The van der Waals surface area contributed by atoms with Crippen molar-refractivity contribution in [1.82, 2.24) is 19.9 Å². The molecular weight excluding hydrogens is 333 g/mol. The van der Waals surface area contributed by atoms with Crippen LogP contribution in [0.25, 0.3) is 11.0 Å². The highest BCUT2D eigenvalue weighted by molar-refractivity contribution is 5.74. The van der Waals surface area contributed by atoms with Crippen molar-refractivity contribution in [3.8, 4) is 0 Å². The number of hydrogen-bond donors (Lipinski definition) is 2. The lowest BCUT2D eigenvalue weighted by Crippen LogP contribution is -2.19. The Balaban J connectivity index is 1.91. The number of H-pyrrole nitrogens is 1. The topological polar surface area (TPSA) is 69.7 Å². The van der Waals surface area contributed by atoms with Gasteiger partial charge < -0.3 is 15.2 Å². The van der Waals surface area contributed by atoms with Gasteiger partial charge in [-0.1, -0.05) is 12.1 Å². The highest BCUT2D eigenvalue weighted by Gasteiger charge is 2.34. The van der Waals surface area contributed by atoms with Crippen LogP contribution in [0.4, 0.5) is 24.9 Å². The molecule has 0 bridgehead atoms. The molecule has 0 fully saturated rings. The van der Waals surface area contributed by atoms with E-state index >= 15 is 0 Å². The molecule has 2 aromatic heterocycles. The second-order valence-electron chi connectivity index (χ2n) is 5.83. The minimum absolute atomic E-state index is 0.105. The number of anilines is 2. The van der Waals surface area contributed by atoms with Crippen molar-refractivity contribution in [1.29, 1.82) is 0 Å². The van der Waals surface area contributed by atoms with E-state index in [4.69, 9.17) is 0 Å².